The molecule has 4 heteroatoms. The van der Waals surface area contributed by atoms with E-state index in [2.05, 4.69) is 16.7 Å². The van der Waals surface area contributed by atoms with Crippen molar-refractivity contribution in [1.29, 1.82) is 5.26 Å². The first kappa shape index (κ1) is 12.4. The molecule has 2 rings (SSSR count). The lowest BCUT2D eigenvalue weighted by atomic mass is 9.96. The van der Waals surface area contributed by atoms with Gasteiger partial charge in [0.05, 0.1) is 11.5 Å². The molecule has 0 radical (unpaired) electrons. The number of carbonyl (C=O) groups is 1. The number of nitriles is 1. The van der Waals surface area contributed by atoms with Crippen LogP contribution in [-0.2, 0) is 6.42 Å². The molecule has 1 aromatic rings. The maximum atomic E-state index is 12.0. The van der Waals surface area contributed by atoms with Crippen molar-refractivity contribution in [2.45, 2.75) is 20.3 Å². The SMILES string of the molecule is CC(C)(C#N)CNC(=O)c1ccc2c(c1)CCN2. The second-order valence-electron chi connectivity index (χ2n) is 5.23. The van der Waals surface area contributed by atoms with Gasteiger partial charge in [-0.05, 0) is 44.0 Å². The van der Waals surface area contributed by atoms with E-state index in [1.165, 1.54) is 5.56 Å². The zero-order chi connectivity index (χ0) is 13.2. The van der Waals surface area contributed by atoms with E-state index in [9.17, 15) is 4.79 Å². The Morgan fingerprint density at radius 2 is 2.33 bits per heavy atom. The third kappa shape index (κ3) is 2.62. The summed E-state index contributed by atoms with van der Waals surface area (Å²) in [5.74, 6) is -0.118. The standard InChI is InChI=1S/C14H17N3O/c1-14(2,8-15)9-17-13(18)11-3-4-12-10(7-11)5-6-16-12/h3-4,7,16H,5-6,9H2,1-2H3,(H,17,18). The van der Waals surface area contributed by atoms with E-state index in [1.807, 2.05) is 18.2 Å². The quantitative estimate of drug-likeness (QED) is 0.852. The average molecular weight is 243 g/mol. The summed E-state index contributed by atoms with van der Waals surface area (Å²) in [5.41, 5.74) is 2.42. The van der Waals surface area contributed by atoms with E-state index < -0.39 is 5.41 Å². The van der Waals surface area contributed by atoms with E-state index in [0.717, 1.165) is 18.7 Å². The summed E-state index contributed by atoms with van der Waals surface area (Å²) < 4.78 is 0. The Hall–Kier alpha value is -2.02. The summed E-state index contributed by atoms with van der Waals surface area (Å²) in [4.78, 5) is 12.0. The largest absolute Gasteiger partial charge is 0.384 e. The van der Waals surface area contributed by atoms with Gasteiger partial charge >= 0.3 is 0 Å². The van der Waals surface area contributed by atoms with Gasteiger partial charge in [-0.15, -0.1) is 0 Å². The van der Waals surface area contributed by atoms with Crippen LogP contribution in [0.3, 0.4) is 0 Å². The van der Waals surface area contributed by atoms with Gasteiger partial charge in [-0.1, -0.05) is 0 Å². The highest BCUT2D eigenvalue weighted by molar-refractivity contribution is 5.95. The lowest BCUT2D eigenvalue weighted by Crippen LogP contribution is -2.33. The minimum absolute atomic E-state index is 0.118. The first-order valence-electron chi connectivity index (χ1n) is 6.08. The second kappa shape index (κ2) is 4.69. The van der Waals surface area contributed by atoms with Crippen LogP contribution in [-0.4, -0.2) is 19.0 Å². The van der Waals surface area contributed by atoms with Crippen molar-refractivity contribution in [1.82, 2.24) is 5.32 Å². The molecule has 1 amide bonds. The lowest BCUT2D eigenvalue weighted by Gasteiger charge is -2.16. The molecule has 0 spiro atoms. The Bertz CT molecular complexity index is 514. The zero-order valence-corrected chi connectivity index (χ0v) is 10.7. The Kier molecular flexibility index (Phi) is 3.24. The Balaban J connectivity index is 2.04. The minimum atomic E-state index is -0.534. The number of anilines is 1. The number of carbonyl (C=O) groups excluding carboxylic acids is 1. The van der Waals surface area contributed by atoms with Gasteiger partial charge in [0.2, 0.25) is 0 Å². The number of rotatable bonds is 3. The number of benzene rings is 1. The predicted octanol–water partition coefficient (Wildman–Crippen LogP) is 1.93. The summed E-state index contributed by atoms with van der Waals surface area (Å²) in [7, 11) is 0. The van der Waals surface area contributed by atoms with Gasteiger partial charge in [0.25, 0.3) is 5.91 Å². The van der Waals surface area contributed by atoms with Gasteiger partial charge in [0.1, 0.15) is 0 Å². The molecule has 2 N–H and O–H groups in total. The molecule has 94 valence electrons. The highest BCUT2D eigenvalue weighted by Gasteiger charge is 2.19. The van der Waals surface area contributed by atoms with Gasteiger partial charge in [-0.2, -0.15) is 5.26 Å². The van der Waals surface area contributed by atoms with E-state index in [1.54, 1.807) is 13.8 Å². The third-order valence-electron chi connectivity index (χ3n) is 3.07. The van der Waals surface area contributed by atoms with Crippen LogP contribution in [0.15, 0.2) is 18.2 Å². The fourth-order valence-corrected chi connectivity index (χ4v) is 1.89. The Morgan fingerprint density at radius 1 is 1.56 bits per heavy atom. The Labute approximate surface area is 107 Å². The van der Waals surface area contributed by atoms with Crippen LogP contribution < -0.4 is 10.6 Å². The van der Waals surface area contributed by atoms with Crippen molar-refractivity contribution in [3.8, 4) is 6.07 Å². The third-order valence-corrected chi connectivity index (χ3v) is 3.07. The molecule has 0 bridgehead atoms. The molecule has 0 atom stereocenters. The molecule has 0 unspecified atom stereocenters. The van der Waals surface area contributed by atoms with Crippen LogP contribution in [0.5, 0.6) is 0 Å². The summed E-state index contributed by atoms with van der Waals surface area (Å²) in [6.07, 6.45) is 0.958. The first-order chi connectivity index (χ1) is 8.52. The average Bonchev–Trinajstić information content (AvgIpc) is 2.83. The lowest BCUT2D eigenvalue weighted by molar-refractivity contribution is 0.0943. The number of fused-ring (bicyclic) bond motifs is 1. The molecule has 0 saturated carbocycles. The Morgan fingerprint density at radius 3 is 3.06 bits per heavy atom. The van der Waals surface area contributed by atoms with Crippen molar-refractivity contribution >= 4 is 11.6 Å². The number of nitrogens with zero attached hydrogens (tertiary/aromatic N) is 1. The molecule has 4 nitrogen and oxygen atoms in total. The van der Waals surface area contributed by atoms with Crippen molar-refractivity contribution < 1.29 is 4.79 Å². The predicted molar refractivity (Wildman–Crippen MR) is 70.4 cm³/mol. The van der Waals surface area contributed by atoms with E-state index in [0.29, 0.717) is 12.1 Å². The van der Waals surface area contributed by atoms with Gasteiger partial charge in [-0.25, -0.2) is 0 Å². The summed E-state index contributed by atoms with van der Waals surface area (Å²) >= 11 is 0. The van der Waals surface area contributed by atoms with Crippen molar-refractivity contribution in [3.63, 3.8) is 0 Å². The van der Waals surface area contributed by atoms with E-state index >= 15 is 0 Å². The van der Waals surface area contributed by atoms with Crippen LogP contribution in [0.4, 0.5) is 5.69 Å². The van der Waals surface area contributed by atoms with Crippen molar-refractivity contribution in [3.05, 3.63) is 29.3 Å². The zero-order valence-electron chi connectivity index (χ0n) is 10.7. The molecule has 0 fully saturated rings. The maximum absolute atomic E-state index is 12.0. The van der Waals surface area contributed by atoms with Gasteiger partial charge < -0.3 is 10.6 Å². The maximum Gasteiger partial charge on any atom is 0.251 e. The molecule has 1 aliphatic heterocycles. The molecule has 0 aliphatic carbocycles. The molecule has 0 saturated heterocycles. The number of nitrogens with one attached hydrogen (secondary N) is 2. The highest BCUT2D eigenvalue weighted by Crippen LogP contribution is 2.23. The fourth-order valence-electron chi connectivity index (χ4n) is 1.89. The first-order valence-corrected chi connectivity index (χ1v) is 6.08. The molecular weight excluding hydrogens is 226 g/mol. The molecule has 0 aromatic heterocycles. The number of hydrogen-bond acceptors (Lipinski definition) is 3. The molecule has 18 heavy (non-hydrogen) atoms. The van der Waals surface area contributed by atoms with Crippen LogP contribution in [0.25, 0.3) is 0 Å². The molecule has 1 aliphatic rings. The monoisotopic (exact) mass is 243 g/mol. The summed E-state index contributed by atoms with van der Waals surface area (Å²) in [6, 6.07) is 7.83. The summed E-state index contributed by atoms with van der Waals surface area (Å²) in [6.45, 7) is 4.90. The fraction of sp³-hybridized carbons (Fsp3) is 0.429. The highest BCUT2D eigenvalue weighted by atomic mass is 16.1. The second-order valence-corrected chi connectivity index (χ2v) is 5.23. The van der Waals surface area contributed by atoms with Crippen LogP contribution in [0.1, 0.15) is 29.8 Å². The summed E-state index contributed by atoms with van der Waals surface area (Å²) in [5, 5.41) is 15.0. The smallest absolute Gasteiger partial charge is 0.251 e. The van der Waals surface area contributed by atoms with Crippen LogP contribution in [0.2, 0.25) is 0 Å². The van der Waals surface area contributed by atoms with Crippen LogP contribution in [0, 0.1) is 16.7 Å². The van der Waals surface area contributed by atoms with Gasteiger partial charge in [-0.3, -0.25) is 4.79 Å². The van der Waals surface area contributed by atoms with Gasteiger partial charge in [0.15, 0.2) is 0 Å². The van der Waals surface area contributed by atoms with Crippen molar-refractivity contribution in [2.75, 3.05) is 18.4 Å². The number of amides is 1. The van der Waals surface area contributed by atoms with Crippen LogP contribution >= 0.6 is 0 Å². The molecule has 1 heterocycles. The number of hydrogen-bond donors (Lipinski definition) is 2. The minimum Gasteiger partial charge on any atom is -0.384 e. The normalized spacial score (nSPS) is 13.4. The van der Waals surface area contributed by atoms with E-state index in [-0.39, 0.29) is 5.91 Å². The topological polar surface area (TPSA) is 64.9 Å². The van der Waals surface area contributed by atoms with E-state index in [4.69, 9.17) is 5.26 Å². The molecule has 1 aromatic carbocycles. The van der Waals surface area contributed by atoms with Gasteiger partial charge in [0, 0.05) is 24.3 Å². The van der Waals surface area contributed by atoms with Crippen molar-refractivity contribution in [2.24, 2.45) is 5.41 Å². The molecular formula is C14H17N3O.